The molecule has 0 aliphatic carbocycles. The minimum Gasteiger partial charge on any atom is -0.363 e. The third kappa shape index (κ3) is 2.29. The molecule has 0 saturated carbocycles. The number of benzene rings is 1. The van der Waals surface area contributed by atoms with Crippen molar-refractivity contribution in [3.63, 3.8) is 0 Å². The minimum atomic E-state index is -4.30. The van der Waals surface area contributed by atoms with Crippen LogP contribution in [0.3, 0.4) is 0 Å². The number of piperazine rings is 1. The molecule has 0 amide bonds. The summed E-state index contributed by atoms with van der Waals surface area (Å²) in [5, 5.41) is 3.06. The zero-order valence-electron chi connectivity index (χ0n) is 8.59. The number of nitrogens with zero attached hydrogens (tertiary/aromatic N) is 1. The molecule has 1 N–H and O–H groups in total. The topological polar surface area (TPSA) is 15.3 Å². The van der Waals surface area contributed by atoms with Crippen molar-refractivity contribution in [3.05, 3.63) is 36.4 Å². The van der Waals surface area contributed by atoms with E-state index in [1.165, 1.54) is 12.1 Å². The third-order valence-electron chi connectivity index (χ3n) is 2.50. The van der Waals surface area contributed by atoms with E-state index < -0.39 is 11.7 Å². The SMILES string of the molecule is FC(F)(F)c1ccccc1N1[CH]CNCC1. The summed E-state index contributed by atoms with van der Waals surface area (Å²) >= 11 is 0. The number of halogens is 3. The lowest BCUT2D eigenvalue weighted by Gasteiger charge is -2.30. The van der Waals surface area contributed by atoms with Gasteiger partial charge in [-0.15, -0.1) is 0 Å². The van der Waals surface area contributed by atoms with E-state index in [-0.39, 0.29) is 5.69 Å². The van der Waals surface area contributed by atoms with E-state index in [9.17, 15) is 13.2 Å². The van der Waals surface area contributed by atoms with Crippen LogP contribution in [0.1, 0.15) is 5.56 Å². The van der Waals surface area contributed by atoms with Crippen molar-refractivity contribution in [1.29, 1.82) is 0 Å². The molecule has 1 fully saturated rings. The summed E-state index contributed by atoms with van der Waals surface area (Å²) < 4.78 is 38.2. The molecule has 1 saturated heterocycles. The van der Waals surface area contributed by atoms with Crippen LogP contribution in [-0.4, -0.2) is 19.6 Å². The lowest BCUT2D eigenvalue weighted by atomic mass is 10.1. The Kier molecular flexibility index (Phi) is 3.05. The zero-order chi connectivity index (χ0) is 11.6. The minimum absolute atomic E-state index is 0.233. The average Bonchev–Trinajstić information content (AvgIpc) is 2.29. The van der Waals surface area contributed by atoms with Crippen molar-refractivity contribution in [1.82, 2.24) is 5.32 Å². The summed E-state index contributed by atoms with van der Waals surface area (Å²) in [5.41, 5.74) is -0.343. The highest BCUT2D eigenvalue weighted by Crippen LogP contribution is 2.36. The van der Waals surface area contributed by atoms with Crippen molar-refractivity contribution < 1.29 is 13.2 Å². The quantitative estimate of drug-likeness (QED) is 0.794. The van der Waals surface area contributed by atoms with Crippen molar-refractivity contribution in [3.8, 4) is 0 Å². The predicted octanol–water partition coefficient (Wildman–Crippen LogP) is 2.28. The van der Waals surface area contributed by atoms with E-state index in [0.717, 1.165) is 6.07 Å². The van der Waals surface area contributed by atoms with Gasteiger partial charge < -0.3 is 10.2 Å². The normalized spacial score (nSPS) is 17.6. The number of nitrogens with one attached hydrogen (secondary N) is 1. The van der Waals surface area contributed by atoms with Crippen LogP contribution in [0.2, 0.25) is 0 Å². The number of para-hydroxylation sites is 1. The van der Waals surface area contributed by atoms with Crippen molar-refractivity contribution in [2.24, 2.45) is 0 Å². The Hall–Kier alpha value is -1.23. The van der Waals surface area contributed by atoms with E-state index in [1.54, 1.807) is 17.5 Å². The summed E-state index contributed by atoms with van der Waals surface area (Å²) in [4.78, 5) is 1.65. The molecule has 0 bridgehead atoms. The molecule has 0 atom stereocenters. The molecule has 87 valence electrons. The average molecular weight is 229 g/mol. The summed E-state index contributed by atoms with van der Waals surface area (Å²) in [6.07, 6.45) is -4.30. The Bertz CT molecular complexity index is 356. The third-order valence-corrected chi connectivity index (χ3v) is 2.50. The van der Waals surface area contributed by atoms with Crippen LogP contribution in [0.5, 0.6) is 0 Å². The zero-order valence-corrected chi connectivity index (χ0v) is 8.59. The fraction of sp³-hybridized carbons (Fsp3) is 0.364. The smallest absolute Gasteiger partial charge is 0.363 e. The molecule has 1 heterocycles. The van der Waals surface area contributed by atoms with Gasteiger partial charge in [0.05, 0.1) is 12.1 Å². The van der Waals surface area contributed by atoms with Gasteiger partial charge in [-0.2, -0.15) is 13.2 Å². The Morgan fingerprint density at radius 1 is 1.19 bits per heavy atom. The number of hydrogen-bond donors (Lipinski definition) is 1. The van der Waals surface area contributed by atoms with E-state index in [4.69, 9.17) is 0 Å². The van der Waals surface area contributed by atoms with E-state index in [0.29, 0.717) is 19.6 Å². The van der Waals surface area contributed by atoms with Gasteiger partial charge in [0.25, 0.3) is 0 Å². The maximum absolute atomic E-state index is 12.7. The molecular weight excluding hydrogens is 217 g/mol. The molecule has 0 aromatic heterocycles. The standard InChI is InChI=1S/C11H12F3N2/c12-11(13,14)9-3-1-2-4-10(9)16-7-5-15-6-8-16/h1-4,7,15H,5-6,8H2. The number of rotatable bonds is 1. The summed E-state index contributed by atoms with van der Waals surface area (Å²) in [7, 11) is 0. The lowest BCUT2D eigenvalue weighted by molar-refractivity contribution is -0.137. The van der Waals surface area contributed by atoms with Crippen molar-refractivity contribution >= 4 is 5.69 Å². The molecule has 1 aliphatic heterocycles. The Morgan fingerprint density at radius 3 is 2.56 bits per heavy atom. The number of anilines is 1. The van der Waals surface area contributed by atoms with E-state index in [2.05, 4.69) is 5.32 Å². The summed E-state index contributed by atoms with van der Waals surface area (Å²) in [5.74, 6) is 0. The Balaban J connectivity index is 2.32. The van der Waals surface area contributed by atoms with Crippen molar-refractivity contribution in [2.75, 3.05) is 24.5 Å². The van der Waals surface area contributed by atoms with Gasteiger partial charge in [0.1, 0.15) is 0 Å². The molecule has 2 nitrogen and oxygen atoms in total. The first kappa shape index (κ1) is 11.3. The molecule has 1 radical (unpaired) electrons. The van der Waals surface area contributed by atoms with Gasteiger partial charge in [-0.3, -0.25) is 0 Å². The molecule has 1 aliphatic rings. The first-order valence-corrected chi connectivity index (χ1v) is 5.06. The highest BCUT2D eigenvalue weighted by atomic mass is 19.4. The molecule has 0 unspecified atom stereocenters. The molecule has 2 rings (SSSR count). The van der Waals surface area contributed by atoms with Gasteiger partial charge in [0, 0.05) is 25.3 Å². The molecule has 0 spiro atoms. The predicted molar refractivity (Wildman–Crippen MR) is 56.0 cm³/mol. The first-order valence-electron chi connectivity index (χ1n) is 5.06. The maximum atomic E-state index is 12.7. The van der Waals surface area contributed by atoms with Gasteiger partial charge >= 0.3 is 6.18 Å². The van der Waals surface area contributed by atoms with E-state index >= 15 is 0 Å². The molecule has 1 aromatic rings. The first-order chi connectivity index (χ1) is 7.59. The van der Waals surface area contributed by atoms with Gasteiger partial charge in [-0.1, -0.05) is 12.1 Å². The van der Waals surface area contributed by atoms with Gasteiger partial charge in [-0.05, 0) is 12.1 Å². The highest BCUT2D eigenvalue weighted by Gasteiger charge is 2.34. The fourth-order valence-electron chi connectivity index (χ4n) is 1.75. The second kappa shape index (κ2) is 4.33. The van der Waals surface area contributed by atoms with Gasteiger partial charge in [-0.25, -0.2) is 0 Å². The molecule has 16 heavy (non-hydrogen) atoms. The van der Waals surface area contributed by atoms with Crippen molar-refractivity contribution in [2.45, 2.75) is 6.18 Å². The monoisotopic (exact) mass is 229 g/mol. The lowest BCUT2D eigenvalue weighted by Crippen LogP contribution is -2.40. The molecule has 1 aromatic carbocycles. The second-order valence-corrected chi connectivity index (χ2v) is 3.60. The van der Waals surface area contributed by atoms with Crippen LogP contribution in [0.25, 0.3) is 0 Å². The van der Waals surface area contributed by atoms with Crippen LogP contribution in [0.15, 0.2) is 24.3 Å². The Morgan fingerprint density at radius 2 is 1.94 bits per heavy atom. The Labute approximate surface area is 92.1 Å². The highest BCUT2D eigenvalue weighted by molar-refractivity contribution is 5.56. The van der Waals surface area contributed by atoms with Crippen LogP contribution in [0.4, 0.5) is 18.9 Å². The summed E-state index contributed by atoms with van der Waals surface area (Å²) in [6.45, 7) is 3.61. The van der Waals surface area contributed by atoms with Crippen LogP contribution in [-0.2, 0) is 6.18 Å². The second-order valence-electron chi connectivity index (χ2n) is 3.60. The number of hydrogen-bond acceptors (Lipinski definition) is 2. The maximum Gasteiger partial charge on any atom is 0.418 e. The summed E-state index contributed by atoms with van der Waals surface area (Å²) in [6, 6.07) is 5.66. The largest absolute Gasteiger partial charge is 0.418 e. The van der Waals surface area contributed by atoms with Crippen LogP contribution in [0, 0.1) is 6.54 Å². The van der Waals surface area contributed by atoms with Crippen LogP contribution >= 0.6 is 0 Å². The van der Waals surface area contributed by atoms with Gasteiger partial charge in [0.2, 0.25) is 0 Å². The van der Waals surface area contributed by atoms with Gasteiger partial charge in [0.15, 0.2) is 0 Å². The molecular formula is C11H12F3N2. The number of alkyl halides is 3. The molecule has 5 heteroatoms. The van der Waals surface area contributed by atoms with Crippen LogP contribution < -0.4 is 10.2 Å². The van der Waals surface area contributed by atoms with E-state index in [1.807, 2.05) is 0 Å². The fourth-order valence-corrected chi connectivity index (χ4v) is 1.75.